The minimum absolute atomic E-state index is 0.858. The lowest BCUT2D eigenvalue weighted by molar-refractivity contribution is 0.325. The van der Waals surface area contributed by atoms with Crippen LogP contribution in [0, 0.1) is 23.7 Å². The summed E-state index contributed by atoms with van der Waals surface area (Å²) in [5.41, 5.74) is 0. The normalized spacial score (nSPS) is 17.8. The van der Waals surface area contributed by atoms with Gasteiger partial charge >= 0.3 is 0 Å². The molecule has 0 nitrogen and oxygen atoms in total. The summed E-state index contributed by atoms with van der Waals surface area (Å²) < 4.78 is 0. The predicted octanol–water partition coefficient (Wildman–Crippen LogP) is 5.52. The van der Waals surface area contributed by atoms with Crippen molar-refractivity contribution in [2.45, 2.75) is 73.6 Å². The van der Waals surface area contributed by atoms with E-state index >= 15 is 0 Å². The van der Waals surface area contributed by atoms with Gasteiger partial charge in [0.1, 0.15) is 0 Å². The smallest absolute Gasteiger partial charge is 0.0417 e. The molecule has 0 fully saturated rings. The van der Waals surface area contributed by atoms with E-state index in [1.54, 1.807) is 0 Å². The van der Waals surface area contributed by atoms with Crippen molar-refractivity contribution in [3.8, 4) is 0 Å². The molecular weight excluding hydrogens is 180 g/mol. The van der Waals surface area contributed by atoms with Crippen LogP contribution < -0.4 is 0 Å². The molecule has 0 aromatic rings. The van der Waals surface area contributed by atoms with E-state index in [4.69, 9.17) is 0 Å². The summed E-state index contributed by atoms with van der Waals surface area (Å²) in [5.74, 6) is 3.60. The Morgan fingerprint density at radius 1 is 0.667 bits per heavy atom. The van der Waals surface area contributed by atoms with Gasteiger partial charge in [0.05, 0.1) is 0 Å². The second kappa shape index (κ2) is 8.19. The summed E-state index contributed by atoms with van der Waals surface area (Å²) in [4.78, 5) is 0. The molecule has 0 N–H and O–H groups in total. The first-order valence-electron chi connectivity index (χ1n) is 6.99. The van der Waals surface area contributed by atoms with Crippen LogP contribution in [-0.4, -0.2) is 0 Å². The van der Waals surface area contributed by atoms with E-state index in [0.717, 1.165) is 23.7 Å². The van der Waals surface area contributed by atoms with Gasteiger partial charge in [-0.25, -0.2) is 0 Å². The average molecular weight is 212 g/mol. The summed E-state index contributed by atoms with van der Waals surface area (Å²) in [6.45, 7) is 14.2. The van der Waals surface area contributed by atoms with Gasteiger partial charge in [-0.05, 0) is 23.7 Å². The second-order valence-corrected chi connectivity index (χ2v) is 5.87. The minimum Gasteiger partial charge on any atom is -0.0651 e. The third-order valence-corrected chi connectivity index (χ3v) is 4.32. The molecule has 0 radical (unpaired) electrons. The predicted molar refractivity (Wildman–Crippen MR) is 71.1 cm³/mol. The van der Waals surface area contributed by atoms with Gasteiger partial charge in [-0.15, -0.1) is 0 Å². The molecule has 0 rings (SSSR count). The van der Waals surface area contributed by atoms with Crippen LogP contribution in [0.5, 0.6) is 0 Å². The Bertz CT molecular complexity index is 137. The summed E-state index contributed by atoms with van der Waals surface area (Å²) in [7, 11) is 0. The van der Waals surface area contributed by atoms with Crippen LogP contribution in [0.15, 0.2) is 0 Å². The van der Waals surface area contributed by atoms with Crippen molar-refractivity contribution in [1.29, 1.82) is 0 Å². The lowest BCUT2D eigenvalue weighted by Crippen LogP contribution is -2.07. The monoisotopic (exact) mass is 212 g/mol. The largest absolute Gasteiger partial charge is 0.0651 e. The molecule has 0 aromatic heterocycles. The van der Waals surface area contributed by atoms with Crippen molar-refractivity contribution in [3.63, 3.8) is 0 Å². The molecule has 0 saturated heterocycles. The molecule has 3 unspecified atom stereocenters. The zero-order chi connectivity index (χ0) is 11.8. The average Bonchev–Trinajstić information content (AvgIpc) is 2.22. The highest BCUT2D eigenvalue weighted by atomic mass is 14.2. The van der Waals surface area contributed by atoms with Gasteiger partial charge in [0.25, 0.3) is 0 Å². The maximum atomic E-state index is 2.42. The van der Waals surface area contributed by atoms with E-state index in [2.05, 4.69) is 41.5 Å². The third kappa shape index (κ3) is 6.98. The lowest BCUT2D eigenvalue weighted by Gasteiger charge is -2.19. The summed E-state index contributed by atoms with van der Waals surface area (Å²) in [6.07, 6.45) is 7.05. The van der Waals surface area contributed by atoms with Crippen LogP contribution >= 0.6 is 0 Å². The van der Waals surface area contributed by atoms with Crippen molar-refractivity contribution >= 4 is 0 Å². The lowest BCUT2D eigenvalue weighted by atomic mass is 9.87. The molecule has 0 aliphatic carbocycles. The van der Waals surface area contributed by atoms with Crippen LogP contribution in [0.3, 0.4) is 0 Å². The van der Waals surface area contributed by atoms with Gasteiger partial charge in [0.15, 0.2) is 0 Å². The van der Waals surface area contributed by atoms with E-state index in [9.17, 15) is 0 Å². The molecule has 0 heteroatoms. The molecule has 0 saturated carbocycles. The topological polar surface area (TPSA) is 0 Å². The molecular formula is C15H32. The second-order valence-electron chi connectivity index (χ2n) is 5.87. The van der Waals surface area contributed by atoms with Gasteiger partial charge in [0.2, 0.25) is 0 Å². The molecule has 0 amide bonds. The van der Waals surface area contributed by atoms with E-state index < -0.39 is 0 Å². The van der Waals surface area contributed by atoms with Crippen LogP contribution in [0.1, 0.15) is 73.6 Å². The van der Waals surface area contributed by atoms with Gasteiger partial charge in [-0.1, -0.05) is 73.6 Å². The van der Waals surface area contributed by atoms with Crippen molar-refractivity contribution in [1.82, 2.24) is 0 Å². The number of rotatable bonds is 8. The quantitative estimate of drug-likeness (QED) is 0.465. The maximum Gasteiger partial charge on any atom is -0.0417 e. The van der Waals surface area contributed by atoms with Crippen LogP contribution in [0.2, 0.25) is 0 Å². The van der Waals surface area contributed by atoms with Gasteiger partial charge in [-0.2, -0.15) is 0 Å². The van der Waals surface area contributed by atoms with Crippen LogP contribution in [0.25, 0.3) is 0 Å². The first-order chi connectivity index (χ1) is 6.99. The van der Waals surface area contributed by atoms with Crippen molar-refractivity contribution < 1.29 is 0 Å². The van der Waals surface area contributed by atoms with Crippen LogP contribution in [-0.2, 0) is 0 Å². The Morgan fingerprint density at radius 2 is 1.13 bits per heavy atom. The Kier molecular flexibility index (Phi) is 8.19. The fourth-order valence-corrected chi connectivity index (χ4v) is 1.95. The molecule has 0 aromatic carbocycles. The SMILES string of the molecule is CCC(C)C(C)CCCCC(C)C(C)C. The van der Waals surface area contributed by atoms with E-state index in [0.29, 0.717) is 0 Å². The fourth-order valence-electron chi connectivity index (χ4n) is 1.95. The Hall–Kier alpha value is 0. The van der Waals surface area contributed by atoms with Gasteiger partial charge < -0.3 is 0 Å². The molecule has 15 heavy (non-hydrogen) atoms. The molecule has 0 heterocycles. The number of hydrogen-bond donors (Lipinski definition) is 0. The highest BCUT2D eigenvalue weighted by Gasteiger charge is 2.10. The van der Waals surface area contributed by atoms with Crippen molar-refractivity contribution in [2.24, 2.45) is 23.7 Å². The third-order valence-electron chi connectivity index (χ3n) is 4.32. The molecule has 92 valence electrons. The van der Waals surface area contributed by atoms with E-state index in [-0.39, 0.29) is 0 Å². The van der Waals surface area contributed by atoms with Gasteiger partial charge in [0, 0.05) is 0 Å². The summed E-state index contributed by atoms with van der Waals surface area (Å²) in [6, 6.07) is 0. The molecule has 3 atom stereocenters. The van der Waals surface area contributed by atoms with Crippen LogP contribution in [0.4, 0.5) is 0 Å². The minimum atomic E-state index is 0.858. The summed E-state index contributed by atoms with van der Waals surface area (Å²) >= 11 is 0. The summed E-state index contributed by atoms with van der Waals surface area (Å²) in [5, 5.41) is 0. The van der Waals surface area contributed by atoms with Crippen molar-refractivity contribution in [3.05, 3.63) is 0 Å². The molecule has 0 bridgehead atoms. The molecule has 0 aliphatic rings. The molecule has 0 aliphatic heterocycles. The Balaban J connectivity index is 3.46. The Labute approximate surface area is 97.8 Å². The van der Waals surface area contributed by atoms with Crippen molar-refractivity contribution in [2.75, 3.05) is 0 Å². The maximum absolute atomic E-state index is 2.42. The fraction of sp³-hybridized carbons (Fsp3) is 1.00. The van der Waals surface area contributed by atoms with Gasteiger partial charge in [-0.3, -0.25) is 0 Å². The zero-order valence-corrected chi connectivity index (χ0v) is 11.8. The number of unbranched alkanes of at least 4 members (excludes halogenated alkanes) is 1. The van der Waals surface area contributed by atoms with E-state index in [1.807, 2.05) is 0 Å². The zero-order valence-electron chi connectivity index (χ0n) is 11.8. The molecule has 0 spiro atoms. The standard InChI is InChI=1S/C15H32/c1-7-13(4)15(6)11-9-8-10-14(5)12(2)3/h12-15H,7-11H2,1-6H3. The number of hydrogen-bond acceptors (Lipinski definition) is 0. The highest BCUT2D eigenvalue weighted by molar-refractivity contribution is 4.62. The highest BCUT2D eigenvalue weighted by Crippen LogP contribution is 2.23. The van der Waals surface area contributed by atoms with E-state index in [1.165, 1.54) is 32.1 Å². The first-order valence-corrected chi connectivity index (χ1v) is 6.99. The Morgan fingerprint density at radius 3 is 1.53 bits per heavy atom. The first kappa shape index (κ1) is 15.0.